The van der Waals surface area contributed by atoms with Crippen LogP contribution in [0.4, 0.5) is 0 Å². The minimum atomic E-state index is -3.57. The van der Waals surface area contributed by atoms with E-state index in [9.17, 15) is 8.42 Å². The van der Waals surface area contributed by atoms with Crippen LogP contribution in [0.1, 0.15) is 23.0 Å². The second-order valence-electron chi connectivity index (χ2n) is 5.25. The van der Waals surface area contributed by atoms with E-state index in [1.165, 1.54) is 15.6 Å². The summed E-state index contributed by atoms with van der Waals surface area (Å²) in [4.78, 5) is 11.6. The Kier molecular flexibility index (Phi) is 3.51. The first-order valence-electron chi connectivity index (χ1n) is 7.15. The molecule has 0 saturated carbocycles. The van der Waals surface area contributed by atoms with E-state index in [0.29, 0.717) is 17.2 Å². The predicted octanol–water partition coefficient (Wildman–Crippen LogP) is 2.20. The Morgan fingerprint density at radius 2 is 2.22 bits per heavy atom. The molecule has 0 aromatic carbocycles. The third-order valence-electron chi connectivity index (χ3n) is 3.94. The van der Waals surface area contributed by atoms with E-state index in [1.807, 2.05) is 12.1 Å². The zero-order valence-corrected chi connectivity index (χ0v) is 13.7. The standard InChI is InChI=1S/C15H14N4O2S2/c20-23(21,13-4-2-8-22-13)19-7-5-12-14(18-10-17-12)15(19)11-3-1-6-16-9-11/h1-4,6,8-10,15H,5,7H2,(H,17,18). The molecule has 0 aliphatic carbocycles. The molecule has 1 aliphatic rings. The number of imidazole rings is 1. The summed E-state index contributed by atoms with van der Waals surface area (Å²) in [7, 11) is -3.57. The summed E-state index contributed by atoms with van der Waals surface area (Å²) in [6.07, 6.45) is 5.62. The summed E-state index contributed by atoms with van der Waals surface area (Å²) < 4.78 is 28.0. The van der Waals surface area contributed by atoms with E-state index >= 15 is 0 Å². The molecule has 4 rings (SSSR count). The van der Waals surface area contributed by atoms with Crippen molar-refractivity contribution in [2.45, 2.75) is 16.7 Å². The van der Waals surface area contributed by atoms with Crippen molar-refractivity contribution < 1.29 is 8.42 Å². The van der Waals surface area contributed by atoms with Gasteiger partial charge in [-0.2, -0.15) is 4.31 Å². The van der Waals surface area contributed by atoms with Crippen LogP contribution in [0.2, 0.25) is 0 Å². The van der Waals surface area contributed by atoms with Gasteiger partial charge in [0.15, 0.2) is 0 Å². The number of thiophene rings is 1. The lowest BCUT2D eigenvalue weighted by molar-refractivity contribution is 0.338. The quantitative estimate of drug-likeness (QED) is 0.788. The van der Waals surface area contributed by atoms with E-state index in [0.717, 1.165) is 17.0 Å². The second kappa shape index (κ2) is 5.55. The number of fused-ring (bicyclic) bond motifs is 1. The zero-order chi connectivity index (χ0) is 15.9. The van der Waals surface area contributed by atoms with Gasteiger partial charge in [-0.25, -0.2) is 13.4 Å². The predicted molar refractivity (Wildman–Crippen MR) is 86.6 cm³/mol. The van der Waals surface area contributed by atoms with Gasteiger partial charge in [0.2, 0.25) is 0 Å². The van der Waals surface area contributed by atoms with Crippen LogP contribution >= 0.6 is 11.3 Å². The molecule has 1 unspecified atom stereocenters. The Morgan fingerprint density at radius 1 is 1.30 bits per heavy atom. The van der Waals surface area contributed by atoms with Crippen molar-refractivity contribution >= 4 is 21.4 Å². The molecule has 1 N–H and O–H groups in total. The fourth-order valence-corrected chi connectivity index (χ4v) is 5.60. The van der Waals surface area contributed by atoms with Gasteiger partial charge >= 0.3 is 0 Å². The number of pyridine rings is 1. The van der Waals surface area contributed by atoms with Crippen LogP contribution in [0, 0.1) is 0 Å². The Bertz CT molecular complexity index is 904. The molecule has 3 aromatic rings. The molecular formula is C15H14N4O2S2. The number of H-pyrrole nitrogens is 1. The van der Waals surface area contributed by atoms with Crippen LogP contribution in [0.5, 0.6) is 0 Å². The van der Waals surface area contributed by atoms with Crippen LogP contribution in [-0.4, -0.2) is 34.2 Å². The van der Waals surface area contributed by atoms with Gasteiger partial charge in [0.1, 0.15) is 4.21 Å². The van der Waals surface area contributed by atoms with Crippen molar-refractivity contribution in [3.05, 3.63) is 65.3 Å². The van der Waals surface area contributed by atoms with Crippen LogP contribution in [0.25, 0.3) is 0 Å². The Balaban J connectivity index is 1.86. The number of rotatable bonds is 3. The maximum Gasteiger partial charge on any atom is 0.253 e. The van der Waals surface area contributed by atoms with Gasteiger partial charge in [0.05, 0.1) is 18.1 Å². The van der Waals surface area contributed by atoms with Crippen molar-refractivity contribution in [1.29, 1.82) is 0 Å². The van der Waals surface area contributed by atoms with E-state index in [1.54, 1.807) is 36.2 Å². The molecule has 6 nitrogen and oxygen atoms in total. The molecule has 0 bridgehead atoms. The summed E-state index contributed by atoms with van der Waals surface area (Å²) in [5.74, 6) is 0. The SMILES string of the molecule is O=S(=O)(c1cccs1)N1CCc2[nH]cnc2C1c1cccnc1. The molecule has 1 atom stereocenters. The third-order valence-corrected chi connectivity index (χ3v) is 7.18. The van der Waals surface area contributed by atoms with Crippen LogP contribution in [-0.2, 0) is 16.4 Å². The van der Waals surface area contributed by atoms with Crippen molar-refractivity contribution in [1.82, 2.24) is 19.3 Å². The smallest absolute Gasteiger partial charge is 0.253 e. The molecule has 8 heteroatoms. The molecule has 23 heavy (non-hydrogen) atoms. The molecule has 0 radical (unpaired) electrons. The summed E-state index contributed by atoms with van der Waals surface area (Å²) >= 11 is 1.23. The minimum absolute atomic E-state index is 0.352. The van der Waals surface area contributed by atoms with E-state index in [2.05, 4.69) is 15.0 Å². The van der Waals surface area contributed by atoms with E-state index < -0.39 is 16.1 Å². The molecule has 0 spiro atoms. The Hall–Kier alpha value is -2.03. The number of sulfonamides is 1. The first-order valence-corrected chi connectivity index (χ1v) is 9.47. The third kappa shape index (κ3) is 2.39. The van der Waals surface area contributed by atoms with Gasteiger partial charge < -0.3 is 4.98 Å². The lowest BCUT2D eigenvalue weighted by Crippen LogP contribution is -2.40. The van der Waals surface area contributed by atoms with Gasteiger partial charge in [-0.3, -0.25) is 4.98 Å². The van der Waals surface area contributed by atoms with Crippen molar-refractivity contribution in [2.24, 2.45) is 0 Å². The lowest BCUT2D eigenvalue weighted by atomic mass is 9.99. The normalized spacial score (nSPS) is 18.7. The maximum absolute atomic E-state index is 13.0. The first-order chi connectivity index (χ1) is 11.2. The minimum Gasteiger partial charge on any atom is -0.348 e. The Morgan fingerprint density at radius 3 is 2.96 bits per heavy atom. The topological polar surface area (TPSA) is 79.0 Å². The molecule has 0 amide bonds. The number of nitrogens with zero attached hydrogens (tertiary/aromatic N) is 3. The highest BCUT2D eigenvalue weighted by Gasteiger charge is 2.39. The Labute approximate surface area is 137 Å². The van der Waals surface area contributed by atoms with Crippen molar-refractivity contribution in [2.75, 3.05) is 6.54 Å². The molecule has 0 fully saturated rings. The van der Waals surface area contributed by atoms with Gasteiger partial charge in [0.25, 0.3) is 10.0 Å². The monoisotopic (exact) mass is 346 g/mol. The maximum atomic E-state index is 13.0. The summed E-state index contributed by atoms with van der Waals surface area (Å²) in [5.41, 5.74) is 2.56. The summed E-state index contributed by atoms with van der Waals surface area (Å²) in [6, 6.07) is 6.64. The van der Waals surface area contributed by atoms with Gasteiger partial charge in [-0.1, -0.05) is 12.1 Å². The fraction of sp³-hybridized carbons (Fsp3) is 0.200. The summed E-state index contributed by atoms with van der Waals surface area (Å²) in [6.45, 7) is 0.412. The lowest BCUT2D eigenvalue weighted by Gasteiger charge is -2.33. The molecule has 1 aliphatic heterocycles. The number of aromatic nitrogens is 3. The highest BCUT2D eigenvalue weighted by Crippen LogP contribution is 2.37. The van der Waals surface area contributed by atoms with Crippen LogP contribution < -0.4 is 0 Å². The van der Waals surface area contributed by atoms with Crippen molar-refractivity contribution in [3.8, 4) is 0 Å². The average molecular weight is 346 g/mol. The van der Waals surface area contributed by atoms with Gasteiger partial charge in [-0.15, -0.1) is 11.3 Å². The molecule has 3 aromatic heterocycles. The van der Waals surface area contributed by atoms with Gasteiger partial charge in [-0.05, 0) is 23.1 Å². The first kappa shape index (κ1) is 14.6. The average Bonchev–Trinajstić information content (AvgIpc) is 3.26. The van der Waals surface area contributed by atoms with Crippen LogP contribution in [0.15, 0.2) is 52.6 Å². The van der Waals surface area contributed by atoms with Crippen LogP contribution in [0.3, 0.4) is 0 Å². The molecular weight excluding hydrogens is 332 g/mol. The van der Waals surface area contributed by atoms with E-state index in [-0.39, 0.29) is 0 Å². The second-order valence-corrected chi connectivity index (χ2v) is 8.32. The number of hydrogen-bond donors (Lipinski definition) is 1. The van der Waals surface area contributed by atoms with Gasteiger partial charge in [0, 0.05) is 31.1 Å². The number of hydrogen-bond acceptors (Lipinski definition) is 5. The number of nitrogens with one attached hydrogen (secondary N) is 1. The zero-order valence-electron chi connectivity index (χ0n) is 12.1. The fourth-order valence-electron chi connectivity index (χ4n) is 2.90. The number of aromatic amines is 1. The molecule has 0 saturated heterocycles. The van der Waals surface area contributed by atoms with Crippen molar-refractivity contribution in [3.63, 3.8) is 0 Å². The summed E-state index contributed by atoms with van der Waals surface area (Å²) in [5, 5.41) is 1.77. The highest BCUT2D eigenvalue weighted by atomic mass is 32.2. The van der Waals surface area contributed by atoms with E-state index in [4.69, 9.17) is 0 Å². The molecule has 4 heterocycles. The largest absolute Gasteiger partial charge is 0.348 e. The molecule has 118 valence electrons. The highest BCUT2D eigenvalue weighted by molar-refractivity contribution is 7.91.